The highest BCUT2D eigenvalue weighted by Crippen LogP contribution is 2.21. The third-order valence-electron chi connectivity index (χ3n) is 0.906. The highest BCUT2D eigenvalue weighted by molar-refractivity contribution is 9.11. The molecule has 0 aromatic heterocycles. The molecule has 0 aliphatic carbocycles. The molecule has 0 aromatic carbocycles. The second-order valence-electron chi connectivity index (χ2n) is 1.51. The molecule has 1 atom stereocenters. The summed E-state index contributed by atoms with van der Waals surface area (Å²) in [7, 11) is -3.21. The molecule has 1 saturated heterocycles. The zero-order valence-electron chi connectivity index (χ0n) is 4.00. The predicted molar refractivity (Wildman–Crippen MR) is 32.2 cm³/mol. The summed E-state index contributed by atoms with van der Waals surface area (Å²) in [6.07, 6.45) is 0.558. The molecule has 48 valence electrons. The van der Waals surface area contributed by atoms with E-state index in [1.165, 1.54) is 0 Å². The highest BCUT2D eigenvalue weighted by Gasteiger charge is 2.29. The van der Waals surface area contributed by atoms with Crippen LogP contribution in [-0.2, 0) is 14.3 Å². The van der Waals surface area contributed by atoms with Crippen LogP contribution in [0.1, 0.15) is 6.42 Å². The Balaban J connectivity index is 2.85. The maximum Gasteiger partial charge on any atom is 0.280 e. The Morgan fingerprint density at radius 2 is 2.25 bits per heavy atom. The van der Waals surface area contributed by atoms with Gasteiger partial charge in [-0.15, -0.1) is 0 Å². The summed E-state index contributed by atoms with van der Waals surface area (Å²) in [5, 5.41) is 0. The van der Waals surface area contributed by atoms with Crippen LogP contribution >= 0.6 is 15.9 Å². The zero-order valence-corrected chi connectivity index (χ0v) is 6.41. The van der Waals surface area contributed by atoms with Crippen molar-refractivity contribution in [2.75, 3.05) is 6.61 Å². The lowest BCUT2D eigenvalue weighted by molar-refractivity contribution is 0.354. The van der Waals surface area contributed by atoms with Crippen LogP contribution in [0.3, 0.4) is 0 Å². The quantitative estimate of drug-likeness (QED) is 0.422. The molecule has 5 heteroatoms. The van der Waals surface area contributed by atoms with Crippen LogP contribution in [0.15, 0.2) is 0 Å². The van der Waals surface area contributed by atoms with Crippen LogP contribution < -0.4 is 0 Å². The van der Waals surface area contributed by atoms with Gasteiger partial charge in [-0.1, -0.05) is 15.9 Å². The molecule has 0 N–H and O–H groups in total. The first-order valence-electron chi connectivity index (χ1n) is 2.15. The Labute approximate surface area is 56.3 Å². The maximum atomic E-state index is 10.5. The summed E-state index contributed by atoms with van der Waals surface area (Å²) >= 11 is 2.95. The van der Waals surface area contributed by atoms with Gasteiger partial charge in [-0.05, 0) is 0 Å². The van der Waals surface area contributed by atoms with E-state index >= 15 is 0 Å². The number of alkyl halides is 1. The predicted octanol–water partition coefficient (Wildman–Crippen LogP) is 0.458. The van der Waals surface area contributed by atoms with Gasteiger partial charge in [0.15, 0.2) is 0 Å². The van der Waals surface area contributed by atoms with Crippen molar-refractivity contribution in [2.24, 2.45) is 0 Å². The smallest absolute Gasteiger partial charge is 0.269 e. The Bertz CT molecular complexity index is 173. The molecular weight excluding hydrogens is 196 g/mol. The fourth-order valence-electron chi connectivity index (χ4n) is 0.475. The molecule has 1 rings (SSSR count). The van der Waals surface area contributed by atoms with E-state index in [0.717, 1.165) is 0 Å². The van der Waals surface area contributed by atoms with Gasteiger partial charge in [0.25, 0.3) is 10.1 Å². The second kappa shape index (κ2) is 1.97. The molecule has 1 aliphatic heterocycles. The Kier molecular flexibility index (Phi) is 1.60. The van der Waals surface area contributed by atoms with Gasteiger partial charge in [0.05, 0.1) is 6.61 Å². The van der Waals surface area contributed by atoms with Gasteiger partial charge in [-0.25, -0.2) is 0 Å². The highest BCUT2D eigenvalue weighted by atomic mass is 79.9. The fraction of sp³-hybridized carbons (Fsp3) is 1.00. The Morgan fingerprint density at radius 1 is 1.62 bits per heavy atom. The van der Waals surface area contributed by atoms with Crippen molar-refractivity contribution in [3.05, 3.63) is 0 Å². The molecule has 0 spiro atoms. The van der Waals surface area contributed by atoms with E-state index in [0.29, 0.717) is 13.0 Å². The van der Waals surface area contributed by atoms with Gasteiger partial charge in [-0.2, -0.15) is 8.42 Å². The van der Waals surface area contributed by atoms with E-state index in [4.69, 9.17) is 0 Å². The molecule has 3 nitrogen and oxygen atoms in total. The van der Waals surface area contributed by atoms with Gasteiger partial charge in [-0.3, -0.25) is 4.18 Å². The molecule has 1 fully saturated rings. The maximum absolute atomic E-state index is 10.5. The van der Waals surface area contributed by atoms with Crippen molar-refractivity contribution in [2.45, 2.75) is 10.6 Å². The van der Waals surface area contributed by atoms with Crippen molar-refractivity contribution >= 4 is 26.0 Å². The standard InChI is InChI=1S/C3H5BrO3S/c4-3-1-2-7-8(3,5)6/h3H,1-2H2. The zero-order chi connectivity index (χ0) is 6.20. The van der Waals surface area contributed by atoms with E-state index in [1.807, 2.05) is 0 Å². The third-order valence-corrected chi connectivity index (χ3v) is 4.09. The molecule has 0 bridgehead atoms. The van der Waals surface area contributed by atoms with Crippen LogP contribution in [0.5, 0.6) is 0 Å². The molecule has 1 aliphatic rings. The molecule has 1 unspecified atom stereocenters. The second-order valence-corrected chi connectivity index (χ2v) is 5.02. The largest absolute Gasteiger partial charge is 0.280 e. The van der Waals surface area contributed by atoms with Crippen molar-refractivity contribution < 1.29 is 12.6 Å². The van der Waals surface area contributed by atoms with Gasteiger partial charge >= 0.3 is 0 Å². The molecule has 0 saturated carbocycles. The molecule has 0 radical (unpaired) electrons. The molecular formula is C3H5BrO3S. The summed E-state index contributed by atoms with van der Waals surface area (Å²) in [5.74, 6) is 0. The first-order chi connectivity index (χ1) is 3.63. The summed E-state index contributed by atoms with van der Waals surface area (Å²) < 4.78 is 24.9. The van der Waals surface area contributed by atoms with E-state index in [2.05, 4.69) is 20.1 Å². The first kappa shape index (κ1) is 6.51. The average Bonchev–Trinajstić information content (AvgIpc) is 1.86. The van der Waals surface area contributed by atoms with E-state index < -0.39 is 14.3 Å². The Morgan fingerprint density at radius 3 is 2.38 bits per heavy atom. The van der Waals surface area contributed by atoms with E-state index in [1.54, 1.807) is 0 Å². The monoisotopic (exact) mass is 200 g/mol. The van der Waals surface area contributed by atoms with Gasteiger partial charge < -0.3 is 0 Å². The van der Waals surface area contributed by atoms with Gasteiger partial charge in [0, 0.05) is 6.42 Å². The number of halogens is 1. The Hall–Kier alpha value is 0.390. The topological polar surface area (TPSA) is 43.4 Å². The van der Waals surface area contributed by atoms with Crippen molar-refractivity contribution in [1.82, 2.24) is 0 Å². The minimum atomic E-state index is -3.21. The van der Waals surface area contributed by atoms with Crippen LogP contribution in [-0.4, -0.2) is 19.2 Å². The minimum Gasteiger partial charge on any atom is -0.269 e. The van der Waals surface area contributed by atoms with Crippen LogP contribution in [0.2, 0.25) is 0 Å². The van der Waals surface area contributed by atoms with E-state index in [9.17, 15) is 8.42 Å². The average molecular weight is 201 g/mol. The first-order valence-corrected chi connectivity index (χ1v) is 4.54. The summed E-state index contributed by atoms with van der Waals surface area (Å²) in [6, 6.07) is 0. The molecule has 0 aromatic rings. The van der Waals surface area contributed by atoms with Crippen molar-refractivity contribution in [1.29, 1.82) is 0 Å². The lowest BCUT2D eigenvalue weighted by Crippen LogP contribution is -2.05. The van der Waals surface area contributed by atoms with Crippen molar-refractivity contribution in [3.8, 4) is 0 Å². The normalized spacial score (nSPS) is 35.4. The lowest BCUT2D eigenvalue weighted by Gasteiger charge is -1.92. The molecule has 0 amide bonds. The van der Waals surface area contributed by atoms with E-state index in [-0.39, 0.29) is 0 Å². The van der Waals surface area contributed by atoms with Crippen LogP contribution in [0.25, 0.3) is 0 Å². The number of hydrogen-bond donors (Lipinski definition) is 0. The molecule has 8 heavy (non-hydrogen) atoms. The minimum absolute atomic E-state index is 0.318. The number of hydrogen-bond acceptors (Lipinski definition) is 3. The fourth-order valence-corrected chi connectivity index (χ4v) is 1.85. The lowest BCUT2D eigenvalue weighted by atomic mass is 10.5. The number of rotatable bonds is 0. The van der Waals surface area contributed by atoms with Crippen LogP contribution in [0.4, 0.5) is 0 Å². The SMILES string of the molecule is O=S1(=O)OCCC1Br. The summed E-state index contributed by atoms with van der Waals surface area (Å²) in [4.78, 5) is 0. The van der Waals surface area contributed by atoms with Gasteiger partial charge in [0.2, 0.25) is 0 Å². The van der Waals surface area contributed by atoms with Gasteiger partial charge in [0.1, 0.15) is 4.16 Å². The molecule has 1 heterocycles. The summed E-state index contributed by atoms with van der Waals surface area (Å²) in [6.45, 7) is 0.318. The third kappa shape index (κ3) is 1.04. The van der Waals surface area contributed by atoms with Crippen molar-refractivity contribution in [3.63, 3.8) is 0 Å². The van der Waals surface area contributed by atoms with Crippen LogP contribution in [0, 0.1) is 0 Å². The summed E-state index contributed by atoms with van der Waals surface area (Å²) in [5.41, 5.74) is 0.